The number of hydrogen-bond acceptors (Lipinski definition) is 6. The van der Waals surface area contributed by atoms with E-state index < -0.39 is 38.6 Å². The molecule has 0 aromatic heterocycles. The van der Waals surface area contributed by atoms with Crippen LogP contribution in [-0.4, -0.2) is 61.0 Å². The van der Waals surface area contributed by atoms with E-state index in [1.54, 1.807) is 0 Å². The normalized spacial score (nSPS) is 20.6. The maximum atomic E-state index is 10.2. The Bertz CT molecular complexity index is 292. The number of aliphatic hydroxyl groups is 4. The van der Waals surface area contributed by atoms with Gasteiger partial charge in [-0.3, -0.25) is 9.93 Å². The average molecular weight is 246 g/mol. The van der Waals surface area contributed by atoms with Crippen LogP contribution in [0.4, 0.5) is 0 Å². The van der Waals surface area contributed by atoms with Gasteiger partial charge in [-0.15, -0.1) is 0 Å². The molecule has 0 spiro atoms. The summed E-state index contributed by atoms with van der Waals surface area (Å²) in [5.41, 5.74) is 0. The molecule has 0 aliphatic heterocycles. The summed E-state index contributed by atoms with van der Waals surface area (Å²) in [6.45, 7) is -0.964. The molecule has 0 saturated heterocycles. The molecule has 9 nitrogen and oxygen atoms in total. The second-order valence-corrected chi connectivity index (χ2v) is 3.89. The lowest BCUT2D eigenvalue weighted by Gasteiger charge is -2.21. The molecule has 0 aliphatic rings. The van der Waals surface area contributed by atoms with E-state index in [1.807, 2.05) is 0 Å². The predicted molar refractivity (Wildman–Crippen MR) is 46.4 cm³/mol. The summed E-state index contributed by atoms with van der Waals surface area (Å²) in [7, 11) is -4.80. The standard InChI is InChI=1S/C5H12NO8P/c6-5(10)4(9)3(8)2(7)1-14-15(11,12)13/h2-4,7-9H,1H2,(H2,6,10)(H2,11,12,13)/t2-,3-,4-/m1/s1/i/hD. The summed E-state index contributed by atoms with van der Waals surface area (Å²) >= 11 is 0. The van der Waals surface area contributed by atoms with Gasteiger partial charge in [0.1, 0.15) is 12.2 Å². The van der Waals surface area contributed by atoms with Crippen molar-refractivity contribution in [3.8, 4) is 0 Å². The molecule has 3 atom stereocenters. The molecule has 10 heteroatoms. The summed E-state index contributed by atoms with van der Waals surface area (Å²) in [5.74, 6) is -1.15. The van der Waals surface area contributed by atoms with Crippen LogP contribution >= 0.6 is 7.82 Å². The average Bonchev–Trinajstić information content (AvgIpc) is 2.21. The number of aliphatic hydroxyl groups excluding tert-OH is 4. The first kappa shape index (κ1) is 12.5. The largest absolute Gasteiger partial charge is 0.495 e. The van der Waals surface area contributed by atoms with E-state index in [0.29, 0.717) is 0 Å². The summed E-state index contributed by atoms with van der Waals surface area (Å²) in [5, 5.41) is 38.4. The van der Waals surface area contributed by atoms with Crippen molar-refractivity contribution in [2.45, 2.75) is 18.3 Å². The van der Waals surface area contributed by atoms with Crippen molar-refractivity contribution >= 4 is 13.7 Å². The number of phosphoric acid groups is 1. The highest BCUT2D eigenvalue weighted by atomic mass is 31.2. The molecule has 0 radical (unpaired) electrons. The van der Waals surface area contributed by atoms with Crippen molar-refractivity contribution in [2.75, 3.05) is 6.61 Å². The molecule has 90 valence electrons. The smallest absolute Gasteiger partial charge is 0.469 e. The minimum atomic E-state index is -4.80. The quantitative estimate of drug-likeness (QED) is 0.156. The fraction of sp³-hybridized carbons (Fsp3) is 0.800. The Balaban J connectivity index is 4.28. The molecule has 0 aromatic rings. The van der Waals surface area contributed by atoms with Gasteiger partial charge in [0, 0.05) is 0 Å². The lowest BCUT2D eigenvalue weighted by Crippen LogP contribution is -2.43. The summed E-state index contributed by atoms with van der Waals surface area (Å²) in [4.78, 5) is 16.5. The molecular weight excluding hydrogens is 233 g/mol. The first-order valence-corrected chi connectivity index (χ1v) is 5.17. The highest BCUT2D eigenvalue weighted by Gasteiger charge is 2.29. The first-order chi connectivity index (χ1) is 7.19. The topological polar surface area (TPSA) is 172 Å². The zero-order valence-electron chi connectivity index (χ0n) is 8.33. The van der Waals surface area contributed by atoms with Gasteiger partial charge in [-0.05, 0) is 0 Å². The van der Waals surface area contributed by atoms with Crippen LogP contribution in [0.3, 0.4) is 0 Å². The van der Waals surface area contributed by atoms with Gasteiger partial charge in [-0.2, -0.15) is 0 Å². The van der Waals surface area contributed by atoms with Crippen LogP contribution in [-0.2, 0) is 9.09 Å². The molecule has 0 bridgehead atoms. The molecule has 0 amide bonds. The third-order valence-electron chi connectivity index (χ3n) is 1.40. The van der Waals surface area contributed by atoms with Crippen LogP contribution in [0.5, 0.6) is 0 Å². The van der Waals surface area contributed by atoms with E-state index in [0.717, 1.165) is 0 Å². The van der Waals surface area contributed by atoms with Crippen molar-refractivity contribution in [3.63, 3.8) is 0 Å². The molecule has 0 unspecified atom stereocenters. The maximum Gasteiger partial charge on any atom is 0.469 e. The zero-order chi connectivity index (χ0) is 12.9. The molecule has 0 aromatic carbocycles. The van der Waals surface area contributed by atoms with Gasteiger partial charge < -0.3 is 30.2 Å². The summed E-state index contributed by atoms with van der Waals surface area (Å²) in [6.07, 6.45) is -5.92. The second kappa shape index (κ2) is 5.52. The SMILES string of the molecule is [2H]N=C(O)[C@H](O)[C@H](O)[C@H](O)COP(=O)(O)O. The van der Waals surface area contributed by atoms with E-state index in [2.05, 4.69) is 9.93 Å². The van der Waals surface area contributed by atoms with E-state index in [4.69, 9.17) is 31.6 Å². The van der Waals surface area contributed by atoms with Crippen LogP contribution in [0.2, 0.25) is 1.41 Å². The maximum absolute atomic E-state index is 10.2. The molecule has 15 heavy (non-hydrogen) atoms. The highest BCUT2D eigenvalue weighted by molar-refractivity contribution is 7.46. The second-order valence-electron chi connectivity index (χ2n) is 2.65. The Morgan fingerprint density at radius 2 is 2.00 bits per heavy atom. The minimum Gasteiger partial charge on any atom is -0.495 e. The van der Waals surface area contributed by atoms with E-state index in [-0.39, 0.29) is 0 Å². The van der Waals surface area contributed by atoms with E-state index in [9.17, 15) is 4.57 Å². The molecule has 0 rings (SSSR count). The monoisotopic (exact) mass is 246 g/mol. The minimum absolute atomic E-state index is 0.964. The van der Waals surface area contributed by atoms with Gasteiger partial charge in [-0.1, -0.05) is 0 Å². The van der Waals surface area contributed by atoms with Crippen molar-refractivity contribution in [3.05, 3.63) is 0 Å². The molecular formula is C5H12NO8P. The zero-order valence-corrected chi connectivity index (χ0v) is 8.23. The van der Waals surface area contributed by atoms with Crippen LogP contribution in [0, 0.1) is 5.40 Å². The van der Waals surface area contributed by atoms with Crippen molar-refractivity contribution in [1.82, 2.24) is 0 Å². The number of hydrogen-bond donors (Lipinski definition) is 7. The fourth-order valence-corrected chi connectivity index (χ4v) is 0.982. The lowest BCUT2D eigenvalue weighted by atomic mass is 10.1. The Hall–Kier alpha value is -0.540. The van der Waals surface area contributed by atoms with Crippen LogP contribution in [0.1, 0.15) is 0 Å². The van der Waals surface area contributed by atoms with Gasteiger partial charge in [0.15, 0.2) is 7.52 Å². The Morgan fingerprint density at radius 1 is 1.47 bits per heavy atom. The van der Waals surface area contributed by atoms with E-state index in [1.165, 1.54) is 0 Å². The number of rotatable bonds is 6. The summed E-state index contributed by atoms with van der Waals surface area (Å²) in [6, 6.07) is 0. The first-order valence-electron chi connectivity index (χ1n) is 4.09. The van der Waals surface area contributed by atoms with Gasteiger partial charge in [0.2, 0.25) is 5.90 Å². The molecule has 0 fully saturated rings. The van der Waals surface area contributed by atoms with Gasteiger partial charge >= 0.3 is 7.82 Å². The summed E-state index contributed by atoms with van der Waals surface area (Å²) < 4.78 is 20.4. The fourth-order valence-electron chi connectivity index (χ4n) is 0.635. The van der Waals surface area contributed by atoms with Crippen LogP contribution in [0.15, 0.2) is 0 Å². The number of nitrogens with one attached hydrogen (secondary N) is 1. The predicted octanol–water partition coefficient (Wildman–Crippen LogP) is -2.29. The van der Waals surface area contributed by atoms with Crippen molar-refractivity contribution < 1.29 is 40.7 Å². The Morgan fingerprint density at radius 3 is 2.40 bits per heavy atom. The van der Waals surface area contributed by atoms with Gasteiger partial charge in [0.05, 0.1) is 6.61 Å². The van der Waals surface area contributed by atoms with Crippen LogP contribution in [0.25, 0.3) is 0 Å². The van der Waals surface area contributed by atoms with Gasteiger partial charge in [-0.25, -0.2) is 4.57 Å². The van der Waals surface area contributed by atoms with Crippen molar-refractivity contribution in [1.29, 1.82) is 5.40 Å². The molecule has 7 N–H and O–H groups in total. The highest BCUT2D eigenvalue weighted by Crippen LogP contribution is 2.35. The lowest BCUT2D eigenvalue weighted by molar-refractivity contribution is -0.0585. The Kier molecular flexibility index (Phi) is 4.61. The number of phosphoric ester groups is 1. The van der Waals surface area contributed by atoms with Crippen LogP contribution < -0.4 is 0 Å². The molecule has 0 saturated carbocycles. The molecule has 0 heterocycles. The van der Waals surface area contributed by atoms with Crippen molar-refractivity contribution in [2.24, 2.45) is 0 Å². The molecule has 0 aliphatic carbocycles. The third-order valence-corrected chi connectivity index (χ3v) is 1.88. The Labute approximate surface area is 85.8 Å². The van der Waals surface area contributed by atoms with Gasteiger partial charge in [0.25, 0.3) is 0 Å². The van der Waals surface area contributed by atoms with E-state index >= 15 is 0 Å². The third kappa shape index (κ3) is 5.80.